The number of carbonyl (C=O) groups excluding carboxylic acids is 2. The van der Waals surface area contributed by atoms with E-state index in [4.69, 9.17) is 19.1 Å². The number of hydrogen-bond donors (Lipinski definition) is 3. The van der Waals surface area contributed by atoms with Crippen molar-refractivity contribution in [3.8, 4) is 0 Å². The van der Waals surface area contributed by atoms with Crippen LogP contribution in [-0.4, -0.2) is 65.7 Å². The molecule has 2 unspecified atom stereocenters. The zero-order valence-electron chi connectivity index (χ0n) is 28.5. The molecule has 47 heavy (non-hydrogen) atoms. The van der Waals surface area contributed by atoms with E-state index in [1.807, 2.05) is 36.5 Å². The summed E-state index contributed by atoms with van der Waals surface area (Å²) in [5.74, 6) is -1.03. The van der Waals surface area contributed by atoms with Crippen LogP contribution in [-0.2, 0) is 32.7 Å². The van der Waals surface area contributed by atoms with Gasteiger partial charge in [-0.1, -0.05) is 106 Å². The maximum absolute atomic E-state index is 12.5. The topological polar surface area (TPSA) is 149 Å². The lowest BCUT2D eigenvalue weighted by Gasteiger charge is -2.20. The number of ether oxygens (including phenoxy) is 2. The first-order chi connectivity index (χ1) is 22.7. The summed E-state index contributed by atoms with van der Waals surface area (Å²) in [6.45, 7) is 1.98. The fraction of sp³-hybridized carbons (Fsp3) is 0.611. The number of phosphoric ester groups is 1. The summed E-state index contributed by atoms with van der Waals surface area (Å²) < 4.78 is 32.4. The van der Waals surface area contributed by atoms with Crippen LogP contribution in [0, 0.1) is 0 Å². The van der Waals surface area contributed by atoms with Gasteiger partial charge in [-0.05, 0) is 57.8 Å². The summed E-state index contributed by atoms with van der Waals surface area (Å²) in [7, 11) is -4.63. The lowest BCUT2D eigenvalue weighted by Crippen LogP contribution is -2.29. The molecule has 10 nitrogen and oxygen atoms in total. The molecule has 0 radical (unpaired) electrons. The average molecular weight is 683 g/mol. The number of allylic oxidation sites excluding steroid dienone is 12. The van der Waals surface area contributed by atoms with Crippen LogP contribution in [0.2, 0.25) is 0 Å². The van der Waals surface area contributed by atoms with Gasteiger partial charge in [0.1, 0.15) is 12.7 Å². The van der Waals surface area contributed by atoms with Crippen molar-refractivity contribution in [2.24, 2.45) is 0 Å². The Labute approximate surface area is 282 Å². The van der Waals surface area contributed by atoms with E-state index in [0.29, 0.717) is 19.3 Å². The van der Waals surface area contributed by atoms with Crippen molar-refractivity contribution in [1.29, 1.82) is 0 Å². The molecular weight excluding hydrogens is 623 g/mol. The Balaban J connectivity index is 4.56. The van der Waals surface area contributed by atoms with Crippen LogP contribution in [0.25, 0.3) is 0 Å². The summed E-state index contributed by atoms with van der Waals surface area (Å²) in [5, 5.41) is 18.2. The van der Waals surface area contributed by atoms with E-state index < -0.39 is 51.8 Å². The Morgan fingerprint density at radius 3 is 1.94 bits per heavy atom. The molecule has 0 fully saturated rings. The fourth-order valence-electron chi connectivity index (χ4n) is 3.84. The quantitative estimate of drug-likeness (QED) is 0.0226. The largest absolute Gasteiger partial charge is 0.472 e. The number of rotatable bonds is 30. The highest BCUT2D eigenvalue weighted by Crippen LogP contribution is 2.43. The molecule has 0 rings (SSSR count). The first-order valence-electron chi connectivity index (χ1n) is 16.9. The number of aliphatic hydroxyl groups is 2. The number of hydrogen-bond acceptors (Lipinski definition) is 9. The van der Waals surface area contributed by atoms with Crippen molar-refractivity contribution in [1.82, 2.24) is 0 Å². The molecule has 3 N–H and O–H groups in total. The molecule has 0 aliphatic rings. The summed E-state index contributed by atoms with van der Waals surface area (Å²) in [5.41, 5.74) is 0. The molecule has 0 aromatic heterocycles. The van der Waals surface area contributed by atoms with Crippen molar-refractivity contribution in [3.05, 3.63) is 72.9 Å². The normalized spacial score (nSPS) is 15.1. The Bertz CT molecular complexity index is 1020. The average Bonchev–Trinajstić information content (AvgIpc) is 3.05. The number of phosphoric acid groups is 1. The fourth-order valence-corrected chi connectivity index (χ4v) is 4.63. The standard InChI is InChI=1S/C36H59O10P/c1-3-5-7-9-11-13-15-16-18-20-22-24-26-28-36(40)46-34(32-45-47(41,42)44-30-33(38)29-37)31-43-35(39)27-25-23-21-19-17-14-12-10-8-6-4-2/h5-9,11-15,19,21,33-34,37-38H,3-4,10,16-18,20,22-32H2,1-2H3,(H,41,42)/b7-5+,8-6+,11-9+,14-12+,15-13+,21-19+/t33-,34?/m0/s1. The van der Waals surface area contributed by atoms with Gasteiger partial charge in [0.15, 0.2) is 6.10 Å². The molecule has 0 saturated carbocycles. The van der Waals surface area contributed by atoms with E-state index in [-0.39, 0.29) is 19.4 Å². The molecule has 0 aliphatic heterocycles. The molecule has 0 heterocycles. The maximum atomic E-state index is 12.5. The van der Waals surface area contributed by atoms with E-state index in [1.54, 1.807) is 0 Å². The Morgan fingerprint density at radius 2 is 1.23 bits per heavy atom. The number of aliphatic hydroxyl groups excluding tert-OH is 2. The highest BCUT2D eigenvalue weighted by molar-refractivity contribution is 7.47. The first kappa shape index (κ1) is 44.4. The molecular formula is C36H59O10P. The van der Waals surface area contributed by atoms with Crippen molar-refractivity contribution in [2.45, 2.75) is 116 Å². The zero-order valence-corrected chi connectivity index (χ0v) is 29.4. The third-order valence-corrected chi connectivity index (χ3v) is 7.37. The van der Waals surface area contributed by atoms with Gasteiger partial charge in [0.25, 0.3) is 0 Å². The SMILES string of the molecule is CC/C=C/C=C/C=C/CCCCCCCC(=O)OC(COC(=O)CCC/C=C/C/C=C/C/C=C/CC)COP(=O)(O)OC[C@@H](O)CO. The van der Waals surface area contributed by atoms with Gasteiger partial charge in [-0.25, -0.2) is 4.57 Å². The molecule has 11 heteroatoms. The minimum atomic E-state index is -4.63. The molecule has 0 spiro atoms. The van der Waals surface area contributed by atoms with Crippen LogP contribution < -0.4 is 0 Å². The molecule has 0 aliphatic carbocycles. The summed E-state index contributed by atoms with van der Waals surface area (Å²) >= 11 is 0. The number of esters is 2. The molecule has 0 bridgehead atoms. The predicted molar refractivity (Wildman–Crippen MR) is 186 cm³/mol. The highest BCUT2D eigenvalue weighted by Gasteiger charge is 2.27. The third kappa shape index (κ3) is 31.8. The second-order valence-corrected chi connectivity index (χ2v) is 12.3. The van der Waals surface area contributed by atoms with Crippen LogP contribution >= 0.6 is 7.82 Å². The van der Waals surface area contributed by atoms with Crippen molar-refractivity contribution in [3.63, 3.8) is 0 Å². The van der Waals surface area contributed by atoms with Crippen molar-refractivity contribution >= 4 is 19.8 Å². The van der Waals surface area contributed by atoms with Crippen LogP contribution in [0.15, 0.2) is 72.9 Å². The van der Waals surface area contributed by atoms with Crippen LogP contribution in [0.1, 0.15) is 104 Å². The lowest BCUT2D eigenvalue weighted by atomic mass is 10.1. The molecule has 0 amide bonds. The summed E-state index contributed by atoms with van der Waals surface area (Å²) in [6.07, 6.45) is 33.3. The van der Waals surface area contributed by atoms with E-state index in [2.05, 4.69) is 54.8 Å². The Hall–Kier alpha value is -2.59. The van der Waals surface area contributed by atoms with Gasteiger partial charge in [0, 0.05) is 12.8 Å². The van der Waals surface area contributed by atoms with Gasteiger partial charge in [0.2, 0.25) is 0 Å². The molecule has 0 saturated heterocycles. The maximum Gasteiger partial charge on any atom is 0.472 e. The third-order valence-electron chi connectivity index (χ3n) is 6.42. The van der Waals surface area contributed by atoms with E-state index in [0.717, 1.165) is 57.8 Å². The predicted octanol–water partition coefficient (Wildman–Crippen LogP) is 7.77. The summed E-state index contributed by atoms with van der Waals surface area (Å²) in [4.78, 5) is 34.6. The molecule has 268 valence electrons. The molecule has 0 aromatic rings. The van der Waals surface area contributed by atoms with Crippen LogP contribution in [0.4, 0.5) is 0 Å². The van der Waals surface area contributed by atoms with Crippen LogP contribution in [0.3, 0.4) is 0 Å². The van der Waals surface area contributed by atoms with Gasteiger partial charge in [-0.15, -0.1) is 0 Å². The van der Waals surface area contributed by atoms with Gasteiger partial charge >= 0.3 is 19.8 Å². The van der Waals surface area contributed by atoms with Gasteiger partial charge < -0.3 is 24.6 Å². The number of unbranched alkanes of at least 4 members (excludes halogenated alkanes) is 6. The second-order valence-electron chi connectivity index (χ2n) is 10.8. The molecule has 0 aromatic carbocycles. The smallest absolute Gasteiger partial charge is 0.462 e. The second kappa shape index (κ2) is 32.0. The van der Waals surface area contributed by atoms with E-state index in [9.17, 15) is 24.2 Å². The minimum absolute atomic E-state index is 0.146. The highest BCUT2D eigenvalue weighted by atomic mass is 31.2. The Kier molecular flexibility index (Phi) is 30.2. The minimum Gasteiger partial charge on any atom is -0.462 e. The monoisotopic (exact) mass is 682 g/mol. The lowest BCUT2D eigenvalue weighted by molar-refractivity contribution is -0.161. The van der Waals surface area contributed by atoms with Gasteiger partial charge in [0.05, 0.1) is 19.8 Å². The summed E-state index contributed by atoms with van der Waals surface area (Å²) in [6, 6.07) is 0. The van der Waals surface area contributed by atoms with Gasteiger partial charge in [-0.3, -0.25) is 18.6 Å². The van der Waals surface area contributed by atoms with E-state index in [1.165, 1.54) is 0 Å². The van der Waals surface area contributed by atoms with E-state index >= 15 is 0 Å². The van der Waals surface area contributed by atoms with Crippen molar-refractivity contribution < 1.29 is 47.8 Å². The Morgan fingerprint density at radius 1 is 0.660 bits per heavy atom. The van der Waals surface area contributed by atoms with Crippen molar-refractivity contribution in [2.75, 3.05) is 26.4 Å². The van der Waals surface area contributed by atoms with Crippen LogP contribution in [0.5, 0.6) is 0 Å². The van der Waals surface area contributed by atoms with Gasteiger partial charge in [-0.2, -0.15) is 0 Å². The first-order valence-corrected chi connectivity index (χ1v) is 18.4. The zero-order chi connectivity index (χ0) is 34.9. The molecule has 3 atom stereocenters. The number of carbonyl (C=O) groups is 2.